The number of fused-ring (bicyclic) bond motifs is 1. The summed E-state index contributed by atoms with van der Waals surface area (Å²) in [6.45, 7) is 1.45. The molecule has 0 spiro atoms. The van der Waals surface area contributed by atoms with Crippen LogP contribution in [0.1, 0.15) is 11.4 Å². The first-order valence-corrected chi connectivity index (χ1v) is 8.25. The molecule has 0 saturated heterocycles. The molecule has 3 aromatic rings. The Morgan fingerprint density at radius 3 is 2.60 bits per heavy atom. The van der Waals surface area contributed by atoms with Gasteiger partial charge in [0.15, 0.2) is 5.96 Å². The summed E-state index contributed by atoms with van der Waals surface area (Å²) in [5.74, 6) is 1.73. The van der Waals surface area contributed by atoms with E-state index in [1.54, 1.807) is 7.05 Å². The van der Waals surface area contributed by atoms with Gasteiger partial charge in [0.25, 0.3) is 0 Å². The van der Waals surface area contributed by atoms with Crippen molar-refractivity contribution >= 4 is 52.6 Å². The molecular weight excluding hydrogens is 449 g/mol. The molecule has 0 aliphatic carbocycles. The summed E-state index contributed by atoms with van der Waals surface area (Å²) in [6, 6.07) is 15.8. The summed E-state index contributed by atoms with van der Waals surface area (Å²) in [6.07, 6.45) is 0.802. The van der Waals surface area contributed by atoms with Gasteiger partial charge >= 0.3 is 0 Å². The van der Waals surface area contributed by atoms with E-state index in [-0.39, 0.29) is 24.0 Å². The van der Waals surface area contributed by atoms with Crippen molar-refractivity contribution in [3.8, 4) is 0 Å². The number of hydrogen-bond acceptors (Lipinski definition) is 2. The quantitative estimate of drug-likeness (QED) is 0.303. The van der Waals surface area contributed by atoms with E-state index in [1.807, 2.05) is 48.5 Å². The van der Waals surface area contributed by atoms with Crippen LogP contribution < -0.4 is 10.6 Å². The number of guanidine groups is 1. The molecule has 3 rings (SSSR count). The van der Waals surface area contributed by atoms with Crippen LogP contribution in [0.4, 0.5) is 0 Å². The van der Waals surface area contributed by atoms with Crippen LogP contribution in [0.3, 0.4) is 0 Å². The molecule has 0 fully saturated rings. The largest absolute Gasteiger partial charge is 0.356 e. The van der Waals surface area contributed by atoms with E-state index in [1.165, 1.54) is 0 Å². The fourth-order valence-corrected chi connectivity index (χ4v) is 2.56. The van der Waals surface area contributed by atoms with Crippen LogP contribution in [-0.4, -0.2) is 29.5 Å². The average Bonchev–Trinajstić information content (AvgIpc) is 3.02. The molecule has 0 radical (unpaired) electrons. The van der Waals surface area contributed by atoms with Gasteiger partial charge in [0.2, 0.25) is 0 Å². The maximum absolute atomic E-state index is 5.89. The molecule has 0 aliphatic rings. The highest BCUT2D eigenvalue weighted by Crippen LogP contribution is 2.10. The minimum Gasteiger partial charge on any atom is -0.356 e. The van der Waals surface area contributed by atoms with E-state index < -0.39 is 0 Å². The maximum atomic E-state index is 5.89. The molecule has 25 heavy (non-hydrogen) atoms. The summed E-state index contributed by atoms with van der Waals surface area (Å²) in [5.41, 5.74) is 3.22. The van der Waals surface area contributed by atoms with E-state index in [9.17, 15) is 0 Å². The molecule has 0 unspecified atom stereocenters. The standard InChI is InChI=1S/C18H20ClN5.HI/c1-20-18(22-12-13-6-8-14(19)9-7-13)21-11-10-17-23-15-4-2-3-5-16(15)24-17;/h2-9H,10-12H2,1H3,(H,23,24)(H2,20,21,22);1H. The van der Waals surface area contributed by atoms with Crippen LogP contribution >= 0.6 is 35.6 Å². The number of imidazole rings is 1. The molecule has 1 heterocycles. The molecule has 2 aromatic carbocycles. The topological polar surface area (TPSA) is 65.1 Å². The number of H-pyrrole nitrogens is 1. The Bertz CT molecular complexity index is 796. The molecule has 1 aromatic heterocycles. The number of rotatable bonds is 5. The number of hydrogen-bond donors (Lipinski definition) is 3. The van der Waals surface area contributed by atoms with Crippen LogP contribution in [0.25, 0.3) is 11.0 Å². The SMILES string of the molecule is CN=C(NCCc1nc2ccccc2[nH]1)NCc1ccc(Cl)cc1.I. The van der Waals surface area contributed by atoms with Gasteiger partial charge in [0, 0.05) is 31.6 Å². The molecule has 7 heteroatoms. The molecule has 0 bridgehead atoms. The fraction of sp³-hybridized carbons (Fsp3) is 0.222. The first kappa shape index (κ1) is 19.5. The molecule has 0 aliphatic heterocycles. The number of aromatic amines is 1. The lowest BCUT2D eigenvalue weighted by molar-refractivity contribution is 0.777. The Labute approximate surface area is 169 Å². The second-order valence-corrected chi connectivity index (χ2v) is 5.87. The Hall–Kier alpha value is -1.80. The van der Waals surface area contributed by atoms with Crippen molar-refractivity contribution in [1.29, 1.82) is 0 Å². The van der Waals surface area contributed by atoms with E-state index in [2.05, 4.69) is 25.6 Å². The smallest absolute Gasteiger partial charge is 0.191 e. The molecule has 3 N–H and O–H groups in total. The van der Waals surface area contributed by atoms with Crippen molar-refractivity contribution in [1.82, 2.24) is 20.6 Å². The van der Waals surface area contributed by atoms with Gasteiger partial charge in [-0.05, 0) is 29.8 Å². The summed E-state index contributed by atoms with van der Waals surface area (Å²) >= 11 is 5.89. The maximum Gasteiger partial charge on any atom is 0.191 e. The third-order valence-electron chi connectivity index (χ3n) is 3.69. The molecule has 132 valence electrons. The summed E-state index contributed by atoms with van der Waals surface area (Å²) < 4.78 is 0. The van der Waals surface area contributed by atoms with Crippen LogP contribution in [0.15, 0.2) is 53.5 Å². The molecule has 0 atom stereocenters. The predicted octanol–water partition coefficient (Wildman–Crippen LogP) is 3.74. The lowest BCUT2D eigenvalue weighted by atomic mass is 10.2. The Morgan fingerprint density at radius 2 is 1.88 bits per heavy atom. The van der Waals surface area contributed by atoms with Crippen molar-refractivity contribution in [3.63, 3.8) is 0 Å². The summed E-state index contributed by atoms with van der Waals surface area (Å²) in [4.78, 5) is 12.1. The monoisotopic (exact) mass is 469 g/mol. The number of para-hydroxylation sites is 2. The van der Waals surface area contributed by atoms with Crippen molar-refractivity contribution in [2.75, 3.05) is 13.6 Å². The second kappa shape index (κ2) is 9.62. The van der Waals surface area contributed by atoms with Crippen molar-refractivity contribution < 1.29 is 0 Å². The Balaban J connectivity index is 0.00000225. The third kappa shape index (κ3) is 5.61. The molecular formula is C18H21ClIN5. The average molecular weight is 470 g/mol. The van der Waals surface area contributed by atoms with Gasteiger partial charge in [-0.2, -0.15) is 0 Å². The number of aliphatic imine (C=N–C) groups is 1. The molecule has 0 saturated carbocycles. The molecule has 5 nitrogen and oxygen atoms in total. The Kier molecular flexibility index (Phi) is 7.52. The van der Waals surface area contributed by atoms with Crippen molar-refractivity contribution in [2.24, 2.45) is 4.99 Å². The van der Waals surface area contributed by atoms with Crippen LogP contribution in [0, 0.1) is 0 Å². The van der Waals surface area contributed by atoms with E-state index in [4.69, 9.17) is 11.6 Å². The normalized spacial score (nSPS) is 11.2. The number of benzene rings is 2. The summed E-state index contributed by atoms with van der Waals surface area (Å²) in [5, 5.41) is 7.32. The van der Waals surface area contributed by atoms with Crippen LogP contribution in [-0.2, 0) is 13.0 Å². The van der Waals surface area contributed by atoms with Crippen molar-refractivity contribution in [2.45, 2.75) is 13.0 Å². The van der Waals surface area contributed by atoms with Gasteiger partial charge in [0.1, 0.15) is 5.82 Å². The zero-order chi connectivity index (χ0) is 16.8. The van der Waals surface area contributed by atoms with E-state index in [0.717, 1.165) is 46.4 Å². The zero-order valence-electron chi connectivity index (χ0n) is 13.9. The first-order chi connectivity index (χ1) is 11.7. The van der Waals surface area contributed by atoms with Gasteiger partial charge in [-0.3, -0.25) is 4.99 Å². The minimum atomic E-state index is 0. The highest BCUT2D eigenvalue weighted by atomic mass is 127. The zero-order valence-corrected chi connectivity index (χ0v) is 17.0. The lowest BCUT2D eigenvalue weighted by Crippen LogP contribution is -2.37. The predicted molar refractivity (Wildman–Crippen MR) is 115 cm³/mol. The highest BCUT2D eigenvalue weighted by Gasteiger charge is 2.03. The van der Waals surface area contributed by atoms with Gasteiger partial charge < -0.3 is 15.6 Å². The van der Waals surface area contributed by atoms with E-state index in [0.29, 0.717) is 6.54 Å². The van der Waals surface area contributed by atoms with Crippen molar-refractivity contribution in [3.05, 3.63) is 64.9 Å². The van der Waals surface area contributed by atoms with Crippen LogP contribution in [0.5, 0.6) is 0 Å². The second-order valence-electron chi connectivity index (χ2n) is 5.43. The summed E-state index contributed by atoms with van der Waals surface area (Å²) in [7, 11) is 1.76. The number of halogens is 2. The third-order valence-corrected chi connectivity index (χ3v) is 3.94. The van der Waals surface area contributed by atoms with Gasteiger partial charge in [-0.25, -0.2) is 4.98 Å². The number of nitrogens with one attached hydrogen (secondary N) is 3. The van der Waals surface area contributed by atoms with Gasteiger partial charge in [-0.15, -0.1) is 24.0 Å². The lowest BCUT2D eigenvalue weighted by Gasteiger charge is -2.11. The number of nitrogens with zero attached hydrogens (tertiary/aromatic N) is 2. The number of aromatic nitrogens is 2. The molecule has 0 amide bonds. The Morgan fingerprint density at radius 1 is 1.12 bits per heavy atom. The fourth-order valence-electron chi connectivity index (χ4n) is 2.43. The van der Waals surface area contributed by atoms with Gasteiger partial charge in [0.05, 0.1) is 11.0 Å². The van der Waals surface area contributed by atoms with Crippen LogP contribution in [0.2, 0.25) is 5.02 Å². The van der Waals surface area contributed by atoms with E-state index >= 15 is 0 Å². The van der Waals surface area contributed by atoms with Gasteiger partial charge in [-0.1, -0.05) is 35.9 Å². The first-order valence-electron chi connectivity index (χ1n) is 7.87. The minimum absolute atomic E-state index is 0. The highest BCUT2D eigenvalue weighted by molar-refractivity contribution is 14.0.